The molecule has 1 fully saturated rings. The van der Waals surface area contributed by atoms with Gasteiger partial charge in [0.2, 0.25) is 5.91 Å². The zero-order valence-corrected chi connectivity index (χ0v) is 19.0. The minimum absolute atomic E-state index is 0. The molecule has 30 heavy (non-hydrogen) atoms. The van der Waals surface area contributed by atoms with E-state index in [2.05, 4.69) is 58.4 Å². The number of halogens is 2. The largest absolute Gasteiger partial charge is 0.493 e. The molecule has 164 valence electrons. The van der Waals surface area contributed by atoms with E-state index in [1.165, 1.54) is 11.3 Å². The Bertz CT molecular complexity index is 811. The number of hydrogen-bond donors (Lipinski definition) is 1. The van der Waals surface area contributed by atoms with Gasteiger partial charge in [0.25, 0.3) is 0 Å². The van der Waals surface area contributed by atoms with E-state index in [0.717, 1.165) is 50.6 Å². The maximum Gasteiger partial charge on any atom is 0.224 e. The van der Waals surface area contributed by atoms with Gasteiger partial charge in [0.15, 0.2) is 0 Å². The van der Waals surface area contributed by atoms with Crippen molar-refractivity contribution in [3.63, 3.8) is 0 Å². The second-order valence-corrected chi connectivity index (χ2v) is 7.77. The third kappa shape index (κ3) is 6.03. The number of anilines is 2. The van der Waals surface area contributed by atoms with Gasteiger partial charge in [-0.1, -0.05) is 31.2 Å². The average Bonchev–Trinajstić information content (AvgIpc) is 2.72. The van der Waals surface area contributed by atoms with E-state index in [0.29, 0.717) is 13.0 Å². The second kappa shape index (κ2) is 11.4. The number of rotatable bonds is 6. The van der Waals surface area contributed by atoms with Crippen LogP contribution < -0.4 is 15.0 Å². The molecule has 2 aromatic carbocycles. The van der Waals surface area contributed by atoms with E-state index in [1.807, 2.05) is 12.1 Å². The molecular formula is C23H31Cl2N3O2. The fraction of sp³-hybridized carbons (Fsp3) is 0.435. The zero-order chi connectivity index (χ0) is 19.3. The third-order valence-corrected chi connectivity index (χ3v) is 5.70. The van der Waals surface area contributed by atoms with Gasteiger partial charge < -0.3 is 15.0 Å². The molecule has 1 saturated heterocycles. The summed E-state index contributed by atoms with van der Waals surface area (Å²) in [7, 11) is 0. The van der Waals surface area contributed by atoms with Gasteiger partial charge in [-0.15, -0.1) is 24.8 Å². The lowest BCUT2D eigenvalue weighted by atomic mass is 9.92. The maximum absolute atomic E-state index is 11.7. The number of nitrogens with one attached hydrogen (secondary N) is 1. The van der Waals surface area contributed by atoms with Gasteiger partial charge in [-0.2, -0.15) is 0 Å². The summed E-state index contributed by atoms with van der Waals surface area (Å²) in [5.74, 6) is 1.20. The maximum atomic E-state index is 11.7. The SMILES string of the molecule is CC1CC(=O)Nc2cc(OCCCN3CCN(c4ccccc4)CC3)ccc21.Cl.Cl. The molecule has 1 atom stereocenters. The topological polar surface area (TPSA) is 44.8 Å². The van der Waals surface area contributed by atoms with Crippen molar-refractivity contribution in [2.24, 2.45) is 0 Å². The van der Waals surface area contributed by atoms with Gasteiger partial charge in [-0.25, -0.2) is 0 Å². The minimum Gasteiger partial charge on any atom is -0.493 e. The van der Waals surface area contributed by atoms with Crippen LogP contribution in [0.4, 0.5) is 11.4 Å². The van der Waals surface area contributed by atoms with Gasteiger partial charge >= 0.3 is 0 Å². The Balaban J connectivity index is 0.00000160. The average molecular weight is 452 g/mol. The van der Waals surface area contributed by atoms with Gasteiger partial charge in [0.1, 0.15) is 5.75 Å². The fourth-order valence-corrected chi connectivity index (χ4v) is 4.10. The number of hydrogen-bond acceptors (Lipinski definition) is 4. The molecule has 0 aromatic heterocycles. The standard InChI is InChI=1S/C23H29N3O2.2ClH/c1-18-16-23(27)24-22-17-20(8-9-21(18)22)28-15-5-10-25-11-13-26(14-12-25)19-6-3-2-4-7-19;;/h2-4,6-9,17-18H,5,10-16H2,1H3,(H,24,27);2*1H. The Labute approximate surface area is 191 Å². The molecule has 0 radical (unpaired) electrons. The molecule has 2 aliphatic heterocycles. The number of para-hydroxylation sites is 1. The first-order chi connectivity index (χ1) is 13.7. The highest BCUT2D eigenvalue weighted by molar-refractivity contribution is 5.94. The number of benzene rings is 2. The second-order valence-electron chi connectivity index (χ2n) is 7.77. The van der Waals surface area contributed by atoms with Crippen molar-refractivity contribution < 1.29 is 9.53 Å². The molecule has 0 saturated carbocycles. The lowest BCUT2D eigenvalue weighted by Gasteiger charge is -2.36. The number of fused-ring (bicyclic) bond motifs is 1. The van der Waals surface area contributed by atoms with Gasteiger partial charge in [-0.3, -0.25) is 9.69 Å². The first-order valence-electron chi connectivity index (χ1n) is 10.3. The molecule has 0 bridgehead atoms. The van der Waals surface area contributed by atoms with Gasteiger partial charge in [-0.05, 0) is 36.1 Å². The number of amides is 1. The first-order valence-corrected chi connectivity index (χ1v) is 10.3. The summed E-state index contributed by atoms with van der Waals surface area (Å²) >= 11 is 0. The van der Waals surface area contributed by atoms with Crippen LogP contribution in [0.2, 0.25) is 0 Å². The van der Waals surface area contributed by atoms with Crippen LogP contribution >= 0.6 is 24.8 Å². The molecule has 7 heteroatoms. The fourth-order valence-electron chi connectivity index (χ4n) is 4.10. The van der Waals surface area contributed by atoms with E-state index >= 15 is 0 Å². The van der Waals surface area contributed by atoms with Crippen molar-refractivity contribution in [3.05, 3.63) is 54.1 Å². The predicted molar refractivity (Wildman–Crippen MR) is 128 cm³/mol. The number of nitrogens with zero attached hydrogens (tertiary/aromatic N) is 2. The Kier molecular flexibility index (Phi) is 9.28. The van der Waals surface area contributed by atoms with Gasteiger partial charge in [0, 0.05) is 56.6 Å². The molecule has 5 nitrogen and oxygen atoms in total. The summed E-state index contributed by atoms with van der Waals surface area (Å²) < 4.78 is 5.94. The van der Waals surface area contributed by atoms with Crippen molar-refractivity contribution in [2.45, 2.75) is 25.7 Å². The Hall–Kier alpha value is -1.95. The molecule has 1 unspecified atom stereocenters. The van der Waals surface area contributed by atoms with Crippen LogP contribution in [0.3, 0.4) is 0 Å². The highest BCUT2D eigenvalue weighted by atomic mass is 35.5. The van der Waals surface area contributed by atoms with Crippen molar-refractivity contribution >= 4 is 42.1 Å². The van der Waals surface area contributed by atoms with Crippen molar-refractivity contribution in [1.29, 1.82) is 0 Å². The smallest absolute Gasteiger partial charge is 0.224 e. The van der Waals surface area contributed by atoms with Crippen LogP contribution in [0.15, 0.2) is 48.5 Å². The highest BCUT2D eigenvalue weighted by Gasteiger charge is 2.22. The van der Waals surface area contributed by atoms with E-state index < -0.39 is 0 Å². The van der Waals surface area contributed by atoms with Crippen LogP contribution in [0.25, 0.3) is 0 Å². The molecule has 1 amide bonds. The Morgan fingerprint density at radius 1 is 1.03 bits per heavy atom. The number of ether oxygens (including phenoxy) is 1. The number of carbonyl (C=O) groups excluding carboxylic acids is 1. The lowest BCUT2D eigenvalue weighted by Crippen LogP contribution is -2.46. The summed E-state index contributed by atoms with van der Waals surface area (Å²) in [4.78, 5) is 16.7. The van der Waals surface area contributed by atoms with Crippen LogP contribution in [0, 0.1) is 0 Å². The van der Waals surface area contributed by atoms with E-state index in [-0.39, 0.29) is 36.6 Å². The summed E-state index contributed by atoms with van der Waals surface area (Å²) in [6.07, 6.45) is 1.57. The zero-order valence-electron chi connectivity index (χ0n) is 17.4. The van der Waals surface area contributed by atoms with Crippen LogP contribution in [0.1, 0.15) is 31.2 Å². The predicted octanol–water partition coefficient (Wildman–Crippen LogP) is 4.57. The molecule has 4 rings (SSSR count). The van der Waals surface area contributed by atoms with Gasteiger partial charge in [0.05, 0.1) is 6.61 Å². The quantitative estimate of drug-likeness (QED) is 0.653. The summed E-state index contributed by atoms with van der Waals surface area (Å²) in [5.41, 5.74) is 3.42. The highest BCUT2D eigenvalue weighted by Crippen LogP contribution is 2.34. The van der Waals surface area contributed by atoms with E-state index in [9.17, 15) is 4.79 Å². The van der Waals surface area contributed by atoms with Crippen LogP contribution in [-0.4, -0.2) is 50.1 Å². The summed E-state index contributed by atoms with van der Waals surface area (Å²) in [6, 6.07) is 16.7. The van der Waals surface area contributed by atoms with Crippen LogP contribution in [-0.2, 0) is 4.79 Å². The van der Waals surface area contributed by atoms with Crippen LogP contribution in [0.5, 0.6) is 5.75 Å². The van der Waals surface area contributed by atoms with Crippen molar-refractivity contribution in [2.75, 3.05) is 49.5 Å². The van der Waals surface area contributed by atoms with Crippen molar-refractivity contribution in [1.82, 2.24) is 4.90 Å². The number of carbonyl (C=O) groups is 1. The summed E-state index contributed by atoms with van der Waals surface area (Å²) in [6.45, 7) is 8.19. The molecule has 2 aromatic rings. The normalized spacial score (nSPS) is 18.5. The Morgan fingerprint density at radius 3 is 2.50 bits per heavy atom. The Morgan fingerprint density at radius 2 is 1.77 bits per heavy atom. The monoisotopic (exact) mass is 451 g/mol. The molecule has 1 N–H and O–H groups in total. The molecule has 0 spiro atoms. The molecule has 2 heterocycles. The van der Waals surface area contributed by atoms with Crippen molar-refractivity contribution in [3.8, 4) is 5.75 Å². The minimum atomic E-state index is 0. The number of piperazine rings is 1. The molecule has 0 aliphatic carbocycles. The lowest BCUT2D eigenvalue weighted by molar-refractivity contribution is -0.116. The molecule has 2 aliphatic rings. The first kappa shape index (κ1) is 24.3. The van der Waals surface area contributed by atoms with E-state index in [4.69, 9.17) is 4.74 Å². The van der Waals surface area contributed by atoms with E-state index in [1.54, 1.807) is 0 Å². The third-order valence-electron chi connectivity index (χ3n) is 5.70. The molecular weight excluding hydrogens is 421 g/mol. The summed E-state index contributed by atoms with van der Waals surface area (Å²) in [5, 5.41) is 2.96.